The highest BCUT2D eigenvalue weighted by Crippen LogP contribution is 2.44. The van der Waals surface area contributed by atoms with Crippen LogP contribution in [0.25, 0.3) is 17.3 Å². The fourth-order valence-electron chi connectivity index (χ4n) is 3.60. The molecule has 2 aliphatic heterocycles. The second-order valence-corrected chi connectivity index (χ2v) is 7.93. The molecule has 0 amide bonds. The van der Waals surface area contributed by atoms with Crippen LogP contribution in [0.1, 0.15) is 18.4 Å². The van der Waals surface area contributed by atoms with E-state index in [0.29, 0.717) is 36.3 Å². The van der Waals surface area contributed by atoms with Crippen molar-refractivity contribution in [3.05, 3.63) is 46.9 Å². The summed E-state index contributed by atoms with van der Waals surface area (Å²) in [5.74, 6) is 0.551. The van der Waals surface area contributed by atoms with Gasteiger partial charge in [0.2, 0.25) is 0 Å². The highest BCUT2D eigenvalue weighted by atomic mass is 35.5. The number of hydrogen-bond acceptors (Lipinski definition) is 3. The maximum Gasteiger partial charge on any atom is 0.399 e. The van der Waals surface area contributed by atoms with Crippen LogP contribution in [0.15, 0.2) is 30.3 Å². The van der Waals surface area contributed by atoms with E-state index < -0.39 is 11.6 Å². The highest BCUT2D eigenvalue weighted by molar-refractivity contribution is 6.30. The summed E-state index contributed by atoms with van der Waals surface area (Å²) in [6, 6.07) is 7.24. The summed E-state index contributed by atoms with van der Waals surface area (Å²) in [7, 11) is 0. The van der Waals surface area contributed by atoms with E-state index in [0.717, 1.165) is 24.3 Å². The van der Waals surface area contributed by atoms with E-state index in [1.165, 1.54) is 19.1 Å². The standard InChI is InChI=1S/C20H21ClF3N3O/c1-19(20(22,23)24)7-6-17-25-18(14-2-4-15(21)5-3-14)16(27(17)13-19)12-26-8-10-28-11-9-26/h2-7H,8-13H2,1H3. The van der Waals surface area contributed by atoms with Gasteiger partial charge in [0, 0.05) is 36.8 Å². The summed E-state index contributed by atoms with van der Waals surface area (Å²) >= 11 is 6.00. The van der Waals surface area contributed by atoms with Crippen molar-refractivity contribution in [3.63, 3.8) is 0 Å². The van der Waals surface area contributed by atoms with E-state index in [4.69, 9.17) is 16.3 Å². The van der Waals surface area contributed by atoms with E-state index in [1.807, 2.05) is 12.1 Å². The molecule has 8 heteroatoms. The van der Waals surface area contributed by atoms with Crippen molar-refractivity contribution in [2.24, 2.45) is 5.41 Å². The molecule has 0 radical (unpaired) electrons. The Morgan fingerprint density at radius 2 is 1.86 bits per heavy atom. The first-order valence-corrected chi connectivity index (χ1v) is 9.56. The lowest BCUT2D eigenvalue weighted by Gasteiger charge is -2.34. The molecule has 0 aliphatic carbocycles. The van der Waals surface area contributed by atoms with Crippen LogP contribution >= 0.6 is 11.6 Å². The van der Waals surface area contributed by atoms with Gasteiger partial charge >= 0.3 is 6.18 Å². The Morgan fingerprint density at radius 1 is 1.18 bits per heavy atom. The Labute approximate surface area is 166 Å². The maximum atomic E-state index is 13.7. The maximum absolute atomic E-state index is 13.7. The molecule has 28 heavy (non-hydrogen) atoms. The highest BCUT2D eigenvalue weighted by Gasteiger charge is 2.51. The number of imidazole rings is 1. The molecule has 0 N–H and O–H groups in total. The van der Waals surface area contributed by atoms with Gasteiger partial charge in [0.05, 0.1) is 30.0 Å². The van der Waals surface area contributed by atoms with Gasteiger partial charge in [-0.05, 0) is 25.1 Å². The zero-order valence-electron chi connectivity index (χ0n) is 15.5. The summed E-state index contributed by atoms with van der Waals surface area (Å²) < 4.78 is 48.1. The van der Waals surface area contributed by atoms with E-state index in [-0.39, 0.29) is 6.54 Å². The fraction of sp³-hybridized carbons (Fsp3) is 0.450. The predicted octanol–water partition coefficient (Wildman–Crippen LogP) is 4.63. The van der Waals surface area contributed by atoms with E-state index in [9.17, 15) is 13.2 Å². The molecule has 2 aliphatic rings. The van der Waals surface area contributed by atoms with Crippen LogP contribution in [0.2, 0.25) is 5.02 Å². The van der Waals surface area contributed by atoms with Gasteiger partial charge in [-0.15, -0.1) is 0 Å². The molecule has 0 saturated carbocycles. The second kappa shape index (κ2) is 7.21. The van der Waals surface area contributed by atoms with Crippen LogP contribution in [0.3, 0.4) is 0 Å². The van der Waals surface area contributed by atoms with Gasteiger partial charge in [0.15, 0.2) is 0 Å². The summed E-state index contributed by atoms with van der Waals surface area (Å²) in [6.07, 6.45) is -1.62. The number of allylic oxidation sites excluding steroid dienone is 1. The third kappa shape index (κ3) is 3.58. The second-order valence-electron chi connectivity index (χ2n) is 7.50. The zero-order valence-corrected chi connectivity index (χ0v) is 16.2. The van der Waals surface area contributed by atoms with E-state index >= 15 is 0 Å². The van der Waals surface area contributed by atoms with Crippen molar-refractivity contribution in [1.29, 1.82) is 0 Å². The number of benzene rings is 1. The summed E-state index contributed by atoms with van der Waals surface area (Å²) in [5.41, 5.74) is 0.419. The van der Waals surface area contributed by atoms with E-state index in [1.54, 1.807) is 16.7 Å². The number of hydrogen-bond donors (Lipinski definition) is 0. The Kier molecular flexibility index (Phi) is 5.02. The normalized spacial score (nSPS) is 23.0. The molecule has 4 nitrogen and oxygen atoms in total. The number of nitrogens with zero attached hydrogens (tertiary/aromatic N) is 3. The molecule has 4 rings (SSSR count). The number of alkyl halides is 3. The molecule has 1 saturated heterocycles. The average molecular weight is 412 g/mol. The van der Waals surface area contributed by atoms with E-state index in [2.05, 4.69) is 9.88 Å². The lowest BCUT2D eigenvalue weighted by Crippen LogP contribution is -2.40. The molecule has 3 heterocycles. The molecule has 2 aromatic rings. The average Bonchev–Trinajstić information content (AvgIpc) is 3.00. The molecule has 1 atom stereocenters. The fourth-order valence-corrected chi connectivity index (χ4v) is 3.73. The molecule has 0 spiro atoms. The predicted molar refractivity (Wildman–Crippen MR) is 102 cm³/mol. The minimum atomic E-state index is -4.33. The van der Waals surface area contributed by atoms with Crippen molar-refractivity contribution < 1.29 is 17.9 Å². The summed E-state index contributed by atoms with van der Waals surface area (Å²) in [4.78, 5) is 6.86. The Balaban J connectivity index is 1.77. The number of ether oxygens (including phenoxy) is 1. The first-order chi connectivity index (χ1) is 13.3. The number of halogens is 4. The first-order valence-electron chi connectivity index (χ1n) is 9.18. The third-order valence-electron chi connectivity index (χ3n) is 5.43. The van der Waals surface area contributed by atoms with Crippen LogP contribution in [-0.2, 0) is 17.8 Å². The van der Waals surface area contributed by atoms with Gasteiger partial charge in [-0.2, -0.15) is 13.2 Å². The lowest BCUT2D eigenvalue weighted by atomic mass is 9.87. The number of morpholine rings is 1. The van der Waals surface area contributed by atoms with Crippen LogP contribution in [0, 0.1) is 5.41 Å². The topological polar surface area (TPSA) is 30.3 Å². The minimum absolute atomic E-state index is 0.178. The van der Waals surface area contributed by atoms with Crippen molar-refractivity contribution >= 4 is 17.7 Å². The van der Waals surface area contributed by atoms with Gasteiger partial charge in [-0.3, -0.25) is 4.90 Å². The number of aromatic nitrogens is 2. The Hall–Kier alpha value is -1.83. The minimum Gasteiger partial charge on any atom is -0.379 e. The molecular weight excluding hydrogens is 391 g/mol. The van der Waals surface area contributed by atoms with Crippen LogP contribution in [0.5, 0.6) is 0 Å². The molecule has 1 aromatic heterocycles. The smallest absolute Gasteiger partial charge is 0.379 e. The third-order valence-corrected chi connectivity index (χ3v) is 5.68. The van der Waals surface area contributed by atoms with Gasteiger partial charge in [0.1, 0.15) is 5.82 Å². The molecule has 0 bridgehead atoms. The van der Waals surface area contributed by atoms with Crippen LogP contribution < -0.4 is 0 Å². The largest absolute Gasteiger partial charge is 0.399 e. The zero-order chi connectivity index (χ0) is 19.9. The molecule has 1 unspecified atom stereocenters. The van der Waals surface area contributed by atoms with Crippen molar-refractivity contribution in [3.8, 4) is 11.3 Å². The van der Waals surface area contributed by atoms with Gasteiger partial charge in [-0.25, -0.2) is 4.98 Å². The molecule has 150 valence electrons. The number of rotatable bonds is 3. The van der Waals surface area contributed by atoms with Crippen molar-refractivity contribution in [1.82, 2.24) is 14.5 Å². The molecule has 1 fully saturated rings. The quantitative estimate of drug-likeness (QED) is 0.737. The van der Waals surface area contributed by atoms with Crippen molar-refractivity contribution in [2.75, 3.05) is 26.3 Å². The van der Waals surface area contributed by atoms with Gasteiger partial charge < -0.3 is 9.30 Å². The van der Waals surface area contributed by atoms with Crippen LogP contribution in [0.4, 0.5) is 13.2 Å². The first kappa shape index (κ1) is 19.5. The van der Waals surface area contributed by atoms with Crippen molar-refractivity contribution in [2.45, 2.75) is 26.2 Å². The van der Waals surface area contributed by atoms with Gasteiger partial charge in [0.25, 0.3) is 0 Å². The molecule has 1 aromatic carbocycles. The monoisotopic (exact) mass is 411 g/mol. The van der Waals surface area contributed by atoms with Crippen LogP contribution in [-0.4, -0.2) is 46.9 Å². The summed E-state index contributed by atoms with van der Waals surface area (Å²) in [6.45, 7) is 4.31. The number of fused-ring (bicyclic) bond motifs is 1. The molecular formula is C20H21ClF3N3O. The summed E-state index contributed by atoms with van der Waals surface area (Å²) in [5, 5.41) is 0.604. The Morgan fingerprint density at radius 3 is 2.50 bits per heavy atom. The lowest BCUT2D eigenvalue weighted by molar-refractivity contribution is -0.204. The van der Waals surface area contributed by atoms with Gasteiger partial charge in [-0.1, -0.05) is 29.8 Å². The Bertz CT molecular complexity index is 885. The SMILES string of the molecule is CC1(C(F)(F)F)C=Cc2nc(-c3ccc(Cl)cc3)c(CN3CCOCC3)n2C1.